The van der Waals surface area contributed by atoms with Crippen LogP contribution in [0.2, 0.25) is 0 Å². The zero-order valence-electron chi connectivity index (χ0n) is 11.4. The molecule has 0 saturated heterocycles. The summed E-state index contributed by atoms with van der Waals surface area (Å²) in [6.45, 7) is 6.56. The average molecular weight is 264 g/mol. The number of nitrogens with two attached hydrogens (primary N) is 1. The van der Waals surface area contributed by atoms with Crippen molar-refractivity contribution in [1.82, 2.24) is 4.90 Å². The van der Waals surface area contributed by atoms with Crippen LogP contribution in [0.4, 0.5) is 0 Å². The lowest BCUT2D eigenvalue weighted by Gasteiger charge is -2.31. The molecule has 0 bridgehead atoms. The van der Waals surface area contributed by atoms with Crippen molar-refractivity contribution in [1.29, 1.82) is 0 Å². The second-order valence-corrected chi connectivity index (χ2v) is 5.10. The zero-order chi connectivity index (χ0) is 13.4. The molecular weight excluding hydrogens is 240 g/mol. The Balaban J connectivity index is 2.85. The first-order valence-electron chi connectivity index (χ1n) is 6.76. The van der Waals surface area contributed by atoms with E-state index in [1.54, 1.807) is 0 Å². The van der Waals surface area contributed by atoms with Crippen molar-refractivity contribution < 1.29 is 0 Å². The third-order valence-corrected chi connectivity index (χ3v) is 3.39. The van der Waals surface area contributed by atoms with Gasteiger partial charge in [0, 0.05) is 12.5 Å². The highest BCUT2D eigenvalue weighted by molar-refractivity contribution is 7.80. The number of benzene rings is 1. The van der Waals surface area contributed by atoms with Crippen LogP contribution in [0.5, 0.6) is 0 Å². The Kier molecular flexibility index (Phi) is 6.91. The van der Waals surface area contributed by atoms with Crippen LogP contribution in [0.15, 0.2) is 30.3 Å². The van der Waals surface area contributed by atoms with Gasteiger partial charge in [0.15, 0.2) is 0 Å². The molecule has 2 nitrogen and oxygen atoms in total. The van der Waals surface area contributed by atoms with E-state index in [0.29, 0.717) is 11.0 Å². The minimum Gasteiger partial charge on any atom is -0.393 e. The summed E-state index contributed by atoms with van der Waals surface area (Å²) in [6, 6.07) is 10.9. The molecule has 1 rings (SSSR count). The van der Waals surface area contributed by atoms with Crippen molar-refractivity contribution in [3.05, 3.63) is 35.9 Å². The van der Waals surface area contributed by atoms with Gasteiger partial charge in [-0.3, -0.25) is 4.90 Å². The molecule has 0 aliphatic heterocycles. The second kappa shape index (κ2) is 8.22. The summed E-state index contributed by atoms with van der Waals surface area (Å²) >= 11 is 5.10. The molecule has 1 unspecified atom stereocenters. The van der Waals surface area contributed by atoms with E-state index >= 15 is 0 Å². The van der Waals surface area contributed by atoms with E-state index in [0.717, 1.165) is 19.5 Å². The van der Waals surface area contributed by atoms with Crippen LogP contribution in [-0.2, 0) is 0 Å². The first-order chi connectivity index (χ1) is 8.69. The molecule has 3 heteroatoms. The van der Waals surface area contributed by atoms with E-state index in [1.165, 1.54) is 18.4 Å². The highest BCUT2D eigenvalue weighted by atomic mass is 32.1. The molecule has 0 radical (unpaired) electrons. The predicted molar refractivity (Wildman–Crippen MR) is 82.7 cm³/mol. The fraction of sp³-hybridized carbons (Fsp3) is 0.533. The van der Waals surface area contributed by atoms with Gasteiger partial charge in [-0.15, -0.1) is 0 Å². The Morgan fingerprint density at radius 3 is 2.44 bits per heavy atom. The van der Waals surface area contributed by atoms with Crippen molar-refractivity contribution >= 4 is 17.2 Å². The smallest absolute Gasteiger partial charge is 0.0746 e. The van der Waals surface area contributed by atoms with Crippen LogP contribution in [-0.4, -0.2) is 23.0 Å². The van der Waals surface area contributed by atoms with Crippen LogP contribution in [0.3, 0.4) is 0 Å². The Hall–Kier alpha value is -0.930. The molecule has 0 spiro atoms. The molecule has 0 fully saturated rings. The van der Waals surface area contributed by atoms with E-state index < -0.39 is 0 Å². The fourth-order valence-corrected chi connectivity index (χ4v) is 2.38. The van der Waals surface area contributed by atoms with E-state index in [1.807, 2.05) is 6.07 Å². The molecule has 0 amide bonds. The van der Waals surface area contributed by atoms with Crippen molar-refractivity contribution in [3.63, 3.8) is 0 Å². The Morgan fingerprint density at radius 1 is 1.28 bits per heavy atom. The fourth-order valence-electron chi connectivity index (χ4n) is 2.22. The zero-order valence-corrected chi connectivity index (χ0v) is 12.2. The Bertz CT molecular complexity index is 351. The van der Waals surface area contributed by atoms with E-state index in [-0.39, 0.29) is 0 Å². The molecule has 2 N–H and O–H groups in total. The van der Waals surface area contributed by atoms with Gasteiger partial charge < -0.3 is 5.73 Å². The molecule has 0 saturated carbocycles. The van der Waals surface area contributed by atoms with Gasteiger partial charge >= 0.3 is 0 Å². The van der Waals surface area contributed by atoms with Gasteiger partial charge in [-0.25, -0.2) is 0 Å². The Morgan fingerprint density at radius 2 is 1.94 bits per heavy atom. The van der Waals surface area contributed by atoms with Crippen LogP contribution >= 0.6 is 12.2 Å². The maximum Gasteiger partial charge on any atom is 0.0746 e. The SMILES string of the molecule is CCCCN(CC)C(CC(N)=S)c1ccccc1. The lowest BCUT2D eigenvalue weighted by Crippen LogP contribution is -2.32. The van der Waals surface area contributed by atoms with Crippen molar-refractivity contribution in [3.8, 4) is 0 Å². The lowest BCUT2D eigenvalue weighted by atomic mass is 10.0. The number of hydrogen-bond donors (Lipinski definition) is 1. The molecule has 1 aromatic carbocycles. The molecule has 100 valence electrons. The predicted octanol–water partition coefficient (Wildman–Crippen LogP) is 3.53. The molecule has 1 atom stereocenters. The summed E-state index contributed by atoms with van der Waals surface area (Å²) in [5.74, 6) is 0. The summed E-state index contributed by atoms with van der Waals surface area (Å²) in [7, 11) is 0. The van der Waals surface area contributed by atoms with Crippen LogP contribution in [0.25, 0.3) is 0 Å². The quantitative estimate of drug-likeness (QED) is 0.728. The van der Waals surface area contributed by atoms with Crippen LogP contribution in [0.1, 0.15) is 44.7 Å². The summed E-state index contributed by atoms with van der Waals surface area (Å²) in [6.07, 6.45) is 3.19. The maximum absolute atomic E-state index is 5.76. The minimum absolute atomic E-state index is 0.320. The third kappa shape index (κ3) is 4.75. The van der Waals surface area contributed by atoms with Crippen molar-refractivity contribution in [2.45, 2.75) is 39.2 Å². The molecule has 0 aromatic heterocycles. The highest BCUT2D eigenvalue weighted by Gasteiger charge is 2.19. The largest absolute Gasteiger partial charge is 0.393 e. The van der Waals surface area contributed by atoms with Gasteiger partial charge in [0.1, 0.15) is 0 Å². The van der Waals surface area contributed by atoms with Gasteiger partial charge in [0.2, 0.25) is 0 Å². The number of rotatable bonds is 8. The lowest BCUT2D eigenvalue weighted by molar-refractivity contribution is 0.209. The van der Waals surface area contributed by atoms with Gasteiger partial charge in [-0.1, -0.05) is 62.8 Å². The minimum atomic E-state index is 0.320. The monoisotopic (exact) mass is 264 g/mol. The van der Waals surface area contributed by atoms with E-state index in [9.17, 15) is 0 Å². The molecule has 18 heavy (non-hydrogen) atoms. The van der Waals surface area contributed by atoms with E-state index in [4.69, 9.17) is 18.0 Å². The normalized spacial score (nSPS) is 12.6. The third-order valence-electron chi connectivity index (χ3n) is 3.22. The van der Waals surface area contributed by atoms with Gasteiger partial charge in [-0.05, 0) is 25.1 Å². The van der Waals surface area contributed by atoms with E-state index in [2.05, 4.69) is 43.0 Å². The molecule has 0 aliphatic carbocycles. The number of unbranched alkanes of at least 4 members (excludes halogenated alkanes) is 1. The van der Waals surface area contributed by atoms with Crippen molar-refractivity contribution in [2.24, 2.45) is 5.73 Å². The summed E-state index contributed by atoms with van der Waals surface area (Å²) < 4.78 is 0. The van der Waals surface area contributed by atoms with Gasteiger partial charge in [0.05, 0.1) is 4.99 Å². The average Bonchev–Trinajstić information content (AvgIpc) is 2.39. The molecule has 0 aliphatic rings. The number of thiocarbonyl (C=S) groups is 1. The van der Waals surface area contributed by atoms with Crippen LogP contribution < -0.4 is 5.73 Å². The topological polar surface area (TPSA) is 29.3 Å². The first-order valence-corrected chi connectivity index (χ1v) is 7.17. The number of nitrogens with zero attached hydrogens (tertiary/aromatic N) is 1. The number of hydrogen-bond acceptors (Lipinski definition) is 2. The summed E-state index contributed by atoms with van der Waals surface area (Å²) in [5, 5.41) is 0. The maximum atomic E-state index is 5.76. The van der Waals surface area contributed by atoms with Crippen LogP contribution in [0, 0.1) is 0 Å². The Labute approximate surface area is 116 Å². The molecule has 0 heterocycles. The first kappa shape index (κ1) is 15.1. The molecule has 1 aromatic rings. The summed E-state index contributed by atoms with van der Waals surface area (Å²) in [5.41, 5.74) is 7.07. The van der Waals surface area contributed by atoms with Gasteiger partial charge in [-0.2, -0.15) is 0 Å². The van der Waals surface area contributed by atoms with Crippen molar-refractivity contribution in [2.75, 3.05) is 13.1 Å². The molecular formula is C15H24N2S. The standard InChI is InChI=1S/C15H24N2S/c1-3-5-11-17(4-2)14(12-15(16)18)13-9-7-6-8-10-13/h6-10,14H,3-5,11-12H2,1-2H3,(H2,16,18). The second-order valence-electron chi connectivity index (χ2n) is 4.58. The summed E-state index contributed by atoms with van der Waals surface area (Å²) in [4.78, 5) is 3.07. The van der Waals surface area contributed by atoms with Gasteiger partial charge in [0.25, 0.3) is 0 Å². The highest BCUT2D eigenvalue weighted by Crippen LogP contribution is 2.24.